The average Bonchev–Trinajstić information content (AvgIpc) is 2.81. The van der Waals surface area contributed by atoms with E-state index in [-0.39, 0.29) is 17.5 Å². The van der Waals surface area contributed by atoms with Crippen LogP contribution in [0, 0.1) is 12.7 Å². The number of carbonyl (C=O) groups excluding carboxylic acids is 1. The van der Waals surface area contributed by atoms with Gasteiger partial charge < -0.3 is 5.32 Å². The van der Waals surface area contributed by atoms with Crippen LogP contribution in [0.1, 0.15) is 33.8 Å². The highest BCUT2D eigenvalue weighted by Crippen LogP contribution is 2.34. The Morgan fingerprint density at radius 2 is 2.10 bits per heavy atom. The first kappa shape index (κ1) is 12.9. The van der Waals surface area contributed by atoms with E-state index in [4.69, 9.17) is 0 Å². The summed E-state index contributed by atoms with van der Waals surface area (Å²) in [5.74, 6) is -0.184. The molecule has 1 aliphatic heterocycles. The van der Waals surface area contributed by atoms with E-state index in [1.807, 2.05) is 24.3 Å². The lowest BCUT2D eigenvalue weighted by atomic mass is 9.93. The zero-order valence-corrected chi connectivity index (χ0v) is 11.3. The van der Waals surface area contributed by atoms with Crippen LogP contribution in [0.15, 0.2) is 42.5 Å². The largest absolute Gasteiger partial charge is 0.384 e. The van der Waals surface area contributed by atoms with Crippen LogP contribution < -0.4 is 5.32 Å². The van der Waals surface area contributed by atoms with Crippen LogP contribution in [0.4, 0.5) is 10.1 Å². The van der Waals surface area contributed by atoms with Crippen molar-refractivity contribution in [3.05, 3.63) is 65.0 Å². The molecule has 0 aliphatic carbocycles. The molecule has 102 valence electrons. The van der Waals surface area contributed by atoms with Crippen molar-refractivity contribution in [1.82, 2.24) is 0 Å². The normalized spacial score (nSPS) is 16.6. The minimum atomic E-state index is -0.349. The van der Waals surface area contributed by atoms with Crippen LogP contribution in [0.3, 0.4) is 0 Å². The summed E-state index contributed by atoms with van der Waals surface area (Å²) in [5.41, 5.74) is 3.51. The number of hydrogen-bond donors (Lipinski definition) is 1. The lowest BCUT2D eigenvalue weighted by Crippen LogP contribution is -2.10. The Bertz CT molecular complexity index is 646. The van der Waals surface area contributed by atoms with E-state index in [0.717, 1.165) is 17.8 Å². The number of ketones is 1. The number of hydrogen-bond acceptors (Lipinski definition) is 2. The smallest absolute Gasteiger partial charge is 0.163 e. The van der Waals surface area contributed by atoms with Gasteiger partial charge in [0.05, 0.1) is 0 Å². The molecule has 0 aromatic heterocycles. The maximum atomic E-state index is 13.4. The number of halogens is 1. The molecular weight excluding hydrogens is 253 g/mol. The van der Waals surface area contributed by atoms with Gasteiger partial charge in [-0.05, 0) is 42.3 Å². The molecule has 0 saturated carbocycles. The van der Waals surface area contributed by atoms with Crippen LogP contribution in [-0.4, -0.2) is 12.3 Å². The van der Waals surface area contributed by atoms with Crippen molar-refractivity contribution < 1.29 is 9.18 Å². The van der Waals surface area contributed by atoms with Gasteiger partial charge in [0, 0.05) is 30.1 Å². The van der Waals surface area contributed by atoms with Crippen molar-refractivity contribution in [2.24, 2.45) is 0 Å². The first-order valence-corrected chi connectivity index (χ1v) is 6.76. The number of nitrogens with one attached hydrogen (secondary N) is 1. The van der Waals surface area contributed by atoms with Gasteiger partial charge in [0.1, 0.15) is 5.82 Å². The third-order valence-electron chi connectivity index (χ3n) is 3.74. The maximum absolute atomic E-state index is 13.4. The molecule has 20 heavy (non-hydrogen) atoms. The molecule has 1 heterocycles. The second-order valence-electron chi connectivity index (χ2n) is 5.31. The molecule has 1 atom stereocenters. The Morgan fingerprint density at radius 3 is 2.90 bits per heavy atom. The molecule has 0 radical (unpaired) electrons. The summed E-state index contributed by atoms with van der Waals surface area (Å²) < 4.78 is 13.4. The minimum absolute atomic E-state index is 0.00361. The van der Waals surface area contributed by atoms with Crippen molar-refractivity contribution >= 4 is 11.5 Å². The quantitative estimate of drug-likeness (QED) is 0.856. The van der Waals surface area contributed by atoms with Crippen LogP contribution in [0.25, 0.3) is 0 Å². The Hall–Kier alpha value is -2.16. The van der Waals surface area contributed by atoms with Gasteiger partial charge in [-0.15, -0.1) is 0 Å². The first-order chi connectivity index (χ1) is 9.63. The van der Waals surface area contributed by atoms with Gasteiger partial charge >= 0.3 is 0 Å². The molecular formula is C17H16FNO. The highest BCUT2D eigenvalue weighted by atomic mass is 19.1. The number of carbonyl (C=O) groups is 1. The molecule has 0 saturated heterocycles. The minimum Gasteiger partial charge on any atom is -0.384 e. The molecule has 0 bridgehead atoms. The lowest BCUT2D eigenvalue weighted by Gasteiger charge is -2.10. The van der Waals surface area contributed by atoms with Crippen LogP contribution >= 0.6 is 0 Å². The summed E-state index contributed by atoms with van der Waals surface area (Å²) >= 11 is 0. The van der Waals surface area contributed by atoms with Crippen molar-refractivity contribution in [3.8, 4) is 0 Å². The number of fused-ring (bicyclic) bond motifs is 1. The summed E-state index contributed by atoms with van der Waals surface area (Å²) in [6.07, 6.45) is 0.410. The van der Waals surface area contributed by atoms with E-state index in [1.165, 1.54) is 17.7 Å². The predicted octanol–water partition coefficient (Wildman–Crippen LogP) is 3.92. The summed E-state index contributed by atoms with van der Waals surface area (Å²) in [5, 5.41) is 3.30. The first-order valence-electron chi connectivity index (χ1n) is 6.76. The zero-order chi connectivity index (χ0) is 14.1. The van der Waals surface area contributed by atoms with Crippen LogP contribution in [0.2, 0.25) is 0 Å². The van der Waals surface area contributed by atoms with Crippen molar-refractivity contribution in [2.45, 2.75) is 19.3 Å². The lowest BCUT2D eigenvalue weighted by molar-refractivity contribution is 0.0975. The number of aryl methyl sites for hydroxylation is 1. The number of rotatable bonds is 3. The van der Waals surface area contributed by atoms with Crippen molar-refractivity contribution in [1.29, 1.82) is 0 Å². The second-order valence-corrected chi connectivity index (χ2v) is 5.31. The highest BCUT2D eigenvalue weighted by Gasteiger charge is 2.24. The summed E-state index contributed by atoms with van der Waals surface area (Å²) in [4.78, 5) is 12.3. The fraction of sp³-hybridized carbons (Fsp3) is 0.235. The topological polar surface area (TPSA) is 29.1 Å². The molecule has 2 nitrogen and oxygen atoms in total. The fourth-order valence-corrected chi connectivity index (χ4v) is 2.78. The Balaban J connectivity index is 1.80. The predicted molar refractivity (Wildman–Crippen MR) is 77.8 cm³/mol. The highest BCUT2D eigenvalue weighted by molar-refractivity contribution is 5.97. The van der Waals surface area contributed by atoms with Crippen LogP contribution in [0.5, 0.6) is 0 Å². The average molecular weight is 269 g/mol. The van der Waals surface area contributed by atoms with E-state index < -0.39 is 0 Å². The van der Waals surface area contributed by atoms with Gasteiger partial charge in [-0.2, -0.15) is 0 Å². The summed E-state index contributed by atoms with van der Waals surface area (Å²) in [6.45, 7) is 2.56. The molecule has 3 heteroatoms. The van der Waals surface area contributed by atoms with Gasteiger partial charge in [0.25, 0.3) is 0 Å². The fourth-order valence-electron chi connectivity index (χ4n) is 2.78. The Labute approximate surface area is 117 Å². The summed E-state index contributed by atoms with van der Waals surface area (Å²) in [6, 6.07) is 12.5. The SMILES string of the molecule is Cc1cc(F)cc(C(=O)CC2CNc3ccccc32)c1. The molecule has 0 spiro atoms. The van der Waals surface area contributed by atoms with E-state index in [0.29, 0.717) is 12.0 Å². The third-order valence-corrected chi connectivity index (χ3v) is 3.74. The second kappa shape index (κ2) is 5.08. The summed E-state index contributed by atoms with van der Waals surface area (Å²) in [7, 11) is 0. The molecule has 2 aromatic rings. The molecule has 1 aliphatic rings. The Kier molecular flexibility index (Phi) is 3.26. The maximum Gasteiger partial charge on any atom is 0.163 e. The van der Waals surface area contributed by atoms with Crippen LogP contribution in [-0.2, 0) is 0 Å². The number of benzene rings is 2. The van der Waals surface area contributed by atoms with Crippen molar-refractivity contribution in [2.75, 3.05) is 11.9 Å². The Morgan fingerprint density at radius 1 is 1.30 bits per heavy atom. The molecule has 2 aromatic carbocycles. The zero-order valence-electron chi connectivity index (χ0n) is 11.3. The number of para-hydroxylation sites is 1. The van der Waals surface area contributed by atoms with Gasteiger partial charge in [-0.3, -0.25) is 4.79 Å². The molecule has 0 fully saturated rings. The van der Waals surface area contributed by atoms with Crippen molar-refractivity contribution in [3.63, 3.8) is 0 Å². The van der Waals surface area contributed by atoms with E-state index in [1.54, 1.807) is 13.0 Å². The number of Topliss-reactive ketones (excluding diaryl/α,β-unsaturated/α-hetero) is 1. The molecule has 3 rings (SSSR count). The van der Waals surface area contributed by atoms with Gasteiger partial charge in [0.2, 0.25) is 0 Å². The molecule has 1 N–H and O–H groups in total. The van der Waals surface area contributed by atoms with Gasteiger partial charge in [-0.1, -0.05) is 18.2 Å². The van der Waals surface area contributed by atoms with E-state index in [2.05, 4.69) is 5.32 Å². The molecule has 0 amide bonds. The monoisotopic (exact) mass is 269 g/mol. The van der Waals surface area contributed by atoms with Gasteiger partial charge in [0.15, 0.2) is 5.78 Å². The third kappa shape index (κ3) is 2.44. The number of anilines is 1. The van der Waals surface area contributed by atoms with Gasteiger partial charge in [-0.25, -0.2) is 4.39 Å². The molecule has 1 unspecified atom stereocenters. The standard InChI is InChI=1S/C17H16FNO/c1-11-6-12(8-14(18)7-11)17(20)9-13-10-19-16-5-3-2-4-15(13)16/h2-8,13,19H,9-10H2,1H3. The van der Waals surface area contributed by atoms with E-state index >= 15 is 0 Å². The van der Waals surface area contributed by atoms with E-state index in [9.17, 15) is 9.18 Å².